The Bertz CT molecular complexity index is 495. The van der Waals surface area contributed by atoms with Crippen molar-refractivity contribution >= 4 is 21.7 Å². The fraction of sp³-hybridized carbons (Fsp3) is 0.125. The van der Waals surface area contributed by atoms with E-state index in [1.54, 1.807) is 0 Å². The van der Waals surface area contributed by atoms with Gasteiger partial charge in [-0.25, -0.2) is 0 Å². The van der Waals surface area contributed by atoms with Gasteiger partial charge in [0.25, 0.3) is 10.1 Å². The molecule has 0 aliphatic rings. The van der Waals surface area contributed by atoms with Crippen LogP contribution in [0.3, 0.4) is 0 Å². The molecule has 0 aliphatic heterocycles. The number of rotatable bonds is 2. The largest absolute Gasteiger partial charge is 0.326 e. The SMILES string of the molecule is CC(=O)Nc1cccc(S(=O)(=O)O)c1.N#N. The van der Waals surface area contributed by atoms with Crippen LogP contribution in [0.1, 0.15) is 6.92 Å². The van der Waals surface area contributed by atoms with Crippen molar-refractivity contribution in [2.45, 2.75) is 11.8 Å². The molecule has 0 saturated carbocycles. The normalized spacial score (nSPS) is 9.75. The van der Waals surface area contributed by atoms with Gasteiger partial charge in [0.1, 0.15) is 0 Å². The molecule has 1 rings (SSSR count). The first kappa shape index (κ1) is 14.0. The quantitative estimate of drug-likeness (QED) is 0.586. The van der Waals surface area contributed by atoms with E-state index in [1.165, 1.54) is 31.2 Å². The third kappa shape index (κ3) is 4.50. The second-order valence-corrected chi connectivity index (χ2v) is 4.11. The van der Waals surface area contributed by atoms with Crippen LogP contribution in [0.15, 0.2) is 29.2 Å². The molecule has 0 radical (unpaired) electrons. The third-order valence-electron chi connectivity index (χ3n) is 1.45. The molecule has 0 unspecified atom stereocenters. The number of hydrogen-bond donors (Lipinski definition) is 2. The van der Waals surface area contributed by atoms with E-state index < -0.39 is 10.1 Å². The smallest absolute Gasteiger partial charge is 0.294 e. The lowest BCUT2D eigenvalue weighted by Crippen LogP contribution is -2.06. The van der Waals surface area contributed by atoms with Crippen LogP contribution in [0, 0.1) is 10.8 Å². The van der Waals surface area contributed by atoms with Gasteiger partial charge in [-0.15, -0.1) is 0 Å². The van der Waals surface area contributed by atoms with E-state index in [2.05, 4.69) is 5.32 Å². The minimum absolute atomic E-state index is 0.247. The molecular weight excluding hydrogens is 234 g/mol. The van der Waals surface area contributed by atoms with Crippen molar-refractivity contribution in [3.63, 3.8) is 0 Å². The van der Waals surface area contributed by atoms with E-state index in [0.29, 0.717) is 5.69 Å². The molecule has 0 aromatic heterocycles. The molecule has 1 aromatic rings. The third-order valence-corrected chi connectivity index (χ3v) is 2.30. The zero-order valence-corrected chi connectivity index (χ0v) is 9.10. The molecule has 86 valence electrons. The van der Waals surface area contributed by atoms with E-state index in [-0.39, 0.29) is 10.8 Å². The number of carbonyl (C=O) groups is 1. The Morgan fingerprint density at radius 1 is 1.38 bits per heavy atom. The van der Waals surface area contributed by atoms with Crippen molar-refractivity contribution in [2.24, 2.45) is 0 Å². The molecule has 0 atom stereocenters. The molecule has 0 fully saturated rings. The minimum atomic E-state index is -4.21. The van der Waals surface area contributed by atoms with Crippen LogP contribution < -0.4 is 5.32 Å². The predicted molar refractivity (Wildman–Crippen MR) is 54.0 cm³/mol. The highest BCUT2D eigenvalue weighted by Gasteiger charge is 2.09. The maximum atomic E-state index is 10.7. The minimum Gasteiger partial charge on any atom is -0.326 e. The van der Waals surface area contributed by atoms with Gasteiger partial charge in [-0.2, -0.15) is 8.42 Å². The Hall–Kier alpha value is -1.98. The number of amides is 1. The van der Waals surface area contributed by atoms with E-state index in [9.17, 15) is 13.2 Å². The fourth-order valence-electron chi connectivity index (χ4n) is 0.938. The van der Waals surface area contributed by atoms with Gasteiger partial charge >= 0.3 is 0 Å². The fourth-order valence-corrected chi connectivity index (χ4v) is 1.46. The van der Waals surface area contributed by atoms with Crippen LogP contribution in [0.5, 0.6) is 0 Å². The summed E-state index contributed by atoms with van der Waals surface area (Å²) in [6, 6.07) is 5.36. The average molecular weight is 243 g/mol. The molecule has 8 heteroatoms. The van der Waals surface area contributed by atoms with Crippen molar-refractivity contribution in [2.75, 3.05) is 5.32 Å². The molecule has 1 amide bonds. The Balaban J connectivity index is 0.00000106. The monoisotopic (exact) mass is 243 g/mol. The number of nitrogens with zero attached hydrogens (tertiary/aromatic N) is 2. The summed E-state index contributed by atoms with van der Waals surface area (Å²) in [7, 11) is -4.21. The summed E-state index contributed by atoms with van der Waals surface area (Å²) in [5.74, 6) is -0.308. The molecule has 2 N–H and O–H groups in total. The first-order valence-electron chi connectivity index (χ1n) is 3.95. The van der Waals surface area contributed by atoms with Crippen molar-refractivity contribution < 1.29 is 17.8 Å². The van der Waals surface area contributed by atoms with Crippen LogP contribution in [0.25, 0.3) is 0 Å². The topological polar surface area (TPSA) is 131 Å². The second-order valence-electron chi connectivity index (χ2n) is 2.68. The maximum Gasteiger partial charge on any atom is 0.294 e. The number of nitrogens with one attached hydrogen (secondary N) is 1. The summed E-state index contributed by atoms with van der Waals surface area (Å²) in [5.41, 5.74) is 0.327. The molecule has 7 nitrogen and oxygen atoms in total. The molecule has 16 heavy (non-hydrogen) atoms. The lowest BCUT2D eigenvalue weighted by atomic mass is 10.3. The van der Waals surface area contributed by atoms with Crippen LogP contribution in [0.4, 0.5) is 5.69 Å². The Labute approximate surface area is 92.3 Å². The van der Waals surface area contributed by atoms with Crippen molar-refractivity contribution in [1.82, 2.24) is 0 Å². The second kappa shape index (κ2) is 5.79. The molecule has 1 aromatic carbocycles. The average Bonchev–Trinajstić information content (AvgIpc) is 2.19. The van der Waals surface area contributed by atoms with Gasteiger partial charge in [0, 0.05) is 23.4 Å². The van der Waals surface area contributed by atoms with Crippen LogP contribution >= 0.6 is 0 Å². The first-order chi connectivity index (χ1) is 7.39. The van der Waals surface area contributed by atoms with Crippen LogP contribution in [-0.4, -0.2) is 18.9 Å². The van der Waals surface area contributed by atoms with Gasteiger partial charge in [-0.05, 0) is 18.2 Å². The summed E-state index contributed by atoms with van der Waals surface area (Å²) in [6.07, 6.45) is 0. The Morgan fingerprint density at radius 2 is 1.94 bits per heavy atom. The van der Waals surface area contributed by atoms with E-state index in [0.717, 1.165) is 0 Å². The van der Waals surface area contributed by atoms with E-state index in [4.69, 9.17) is 15.3 Å². The van der Waals surface area contributed by atoms with Crippen molar-refractivity contribution in [1.29, 1.82) is 10.8 Å². The summed E-state index contributed by atoms with van der Waals surface area (Å²) in [5, 5.41) is 14.4. The lowest BCUT2D eigenvalue weighted by molar-refractivity contribution is -0.114. The van der Waals surface area contributed by atoms with Crippen LogP contribution in [-0.2, 0) is 14.9 Å². The molecule has 0 saturated heterocycles. The Morgan fingerprint density at radius 3 is 2.38 bits per heavy atom. The van der Waals surface area contributed by atoms with Crippen molar-refractivity contribution in [3.05, 3.63) is 24.3 Å². The Kier molecular flexibility index (Phi) is 5.08. The summed E-state index contributed by atoms with van der Waals surface area (Å²) in [6.45, 7) is 1.31. The maximum absolute atomic E-state index is 10.7. The number of carbonyl (C=O) groups excluding carboxylic acids is 1. The zero-order chi connectivity index (χ0) is 12.8. The van der Waals surface area contributed by atoms with Crippen molar-refractivity contribution in [3.8, 4) is 0 Å². The van der Waals surface area contributed by atoms with Gasteiger partial charge in [-0.3, -0.25) is 9.35 Å². The molecule has 0 aliphatic carbocycles. The van der Waals surface area contributed by atoms with Gasteiger partial charge in [0.15, 0.2) is 0 Å². The first-order valence-corrected chi connectivity index (χ1v) is 5.39. The number of hydrogen-bond acceptors (Lipinski definition) is 5. The molecule has 0 spiro atoms. The highest BCUT2D eigenvalue weighted by Crippen LogP contribution is 2.14. The molecule has 0 heterocycles. The highest BCUT2D eigenvalue weighted by molar-refractivity contribution is 7.85. The molecule has 0 bridgehead atoms. The summed E-state index contributed by atoms with van der Waals surface area (Å²) in [4.78, 5) is 10.4. The van der Waals surface area contributed by atoms with Crippen LogP contribution in [0.2, 0.25) is 0 Å². The van der Waals surface area contributed by atoms with Gasteiger partial charge < -0.3 is 5.32 Å². The standard InChI is InChI=1S/C8H9NO4S.N2/c1-6(10)9-7-3-2-4-8(5-7)14(11,12)13;1-2/h2-5H,1H3,(H,9,10)(H,11,12,13);. The summed E-state index contributed by atoms with van der Waals surface area (Å²) < 4.78 is 30.1. The molecular formula is C8H9N3O4S. The van der Waals surface area contributed by atoms with Gasteiger partial charge in [0.2, 0.25) is 5.91 Å². The zero-order valence-electron chi connectivity index (χ0n) is 8.28. The van der Waals surface area contributed by atoms with Gasteiger partial charge in [-0.1, -0.05) is 6.07 Å². The number of benzene rings is 1. The number of anilines is 1. The van der Waals surface area contributed by atoms with Gasteiger partial charge in [0.05, 0.1) is 4.90 Å². The predicted octanol–water partition coefficient (Wildman–Crippen LogP) is 0.922. The summed E-state index contributed by atoms with van der Waals surface area (Å²) >= 11 is 0. The highest BCUT2D eigenvalue weighted by atomic mass is 32.2. The lowest BCUT2D eigenvalue weighted by Gasteiger charge is -2.02. The van der Waals surface area contributed by atoms with E-state index in [1.807, 2.05) is 0 Å². The van der Waals surface area contributed by atoms with E-state index >= 15 is 0 Å².